The number of nitrogens with one attached hydrogen (secondary N) is 1. The Morgan fingerprint density at radius 2 is 1.86 bits per heavy atom. The summed E-state index contributed by atoms with van der Waals surface area (Å²) in [5, 5.41) is 3.02. The van der Waals surface area contributed by atoms with Gasteiger partial charge in [0.1, 0.15) is 0 Å². The Balaban J connectivity index is 1.55. The predicted octanol–water partition coefficient (Wildman–Crippen LogP) is 2.97. The smallest absolute Gasteiger partial charge is 0.243 e. The lowest BCUT2D eigenvalue weighted by Gasteiger charge is -2.37. The van der Waals surface area contributed by atoms with Gasteiger partial charge in [-0.25, -0.2) is 8.42 Å². The molecular weight excluding hydrogens is 386 g/mol. The van der Waals surface area contributed by atoms with Crippen molar-refractivity contribution < 1.29 is 13.2 Å². The Kier molecular flexibility index (Phi) is 5.69. The molecule has 4 rings (SSSR count). The third kappa shape index (κ3) is 4.07. The summed E-state index contributed by atoms with van der Waals surface area (Å²) in [6, 6.07) is 12.3. The van der Waals surface area contributed by atoms with E-state index in [4.69, 9.17) is 0 Å². The molecule has 2 fully saturated rings. The SMILES string of the molecule is O=C(NCc1cccnc1)C1CN(S(=O)(=O)c2ccccc2)CC12CCCCC2. The molecule has 2 heterocycles. The van der Waals surface area contributed by atoms with E-state index in [-0.39, 0.29) is 23.8 Å². The van der Waals surface area contributed by atoms with Crippen LogP contribution in [0.4, 0.5) is 0 Å². The van der Waals surface area contributed by atoms with Gasteiger partial charge in [-0.1, -0.05) is 43.5 Å². The van der Waals surface area contributed by atoms with E-state index in [1.807, 2.05) is 12.1 Å². The van der Waals surface area contributed by atoms with E-state index in [0.717, 1.165) is 37.7 Å². The first-order chi connectivity index (χ1) is 14.0. The quantitative estimate of drug-likeness (QED) is 0.817. The highest BCUT2D eigenvalue weighted by Crippen LogP contribution is 2.48. The molecule has 1 spiro atoms. The van der Waals surface area contributed by atoms with Gasteiger partial charge in [-0.05, 0) is 42.0 Å². The van der Waals surface area contributed by atoms with Gasteiger partial charge in [-0.3, -0.25) is 9.78 Å². The summed E-state index contributed by atoms with van der Waals surface area (Å²) in [7, 11) is -3.60. The second-order valence-corrected chi connectivity index (χ2v) is 10.1. The number of aromatic nitrogens is 1. The molecule has 1 aromatic heterocycles. The number of pyridine rings is 1. The normalized spacial score (nSPS) is 21.9. The van der Waals surface area contributed by atoms with Gasteiger partial charge in [0, 0.05) is 32.0 Å². The van der Waals surface area contributed by atoms with Crippen molar-refractivity contribution in [3.8, 4) is 0 Å². The molecule has 7 heteroatoms. The van der Waals surface area contributed by atoms with Crippen LogP contribution in [-0.4, -0.2) is 36.7 Å². The van der Waals surface area contributed by atoms with Crippen LogP contribution in [-0.2, 0) is 21.4 Å². The second-order valence-electron chi connectivity index (χ2n) is 8.17. The van der Waals surface area contributed by atoms with Crippen molar-refractivity contribution in [2.75, 3.05) is 13.1 Å². The number of carbonyl (C=O) groups is 1. The maximum absolute atomic E-state index is 13.2. The second kappa shape index (κ2) is 8.24. The summed E-state index contributed by atoms with van der Waals surface area (Å²) in [6.07, 6.45) is 8.48. The molecule has 1 aliphatic heterocycles. The van der Waals surface area contributed by atoms with Crippen LogP contribution in [0.15, 0.2) is 59.8 Å². The molecule has 154 valence electrons. The zero-order chi connectivity index (χ0) is 20.3. The van der Waals surface area contributed by atoms with Crippen LogP contribution in [0.1, 0.15) is 37.7 Å². The molecule has 1 amide bonds. The zero-order valence-electron chi connectivity index (χ0n) is 16.5. The van der Waals surface area contributed by atoms with Crippen molar-refractivity contribution >= 4 is 15.9 Å². The Bertz CT molecular complexity index is 942. The summed E-state index contributed by atoms with van der Waals surface area (Å²) >= 11 is 0. The van der Waals surface area contributed by atoms with Crippen LogP contribution in [0.25, 0.3) is 0 Å². The van der Waals surface area contributed by atoms with Gasteiger partial charge >= 0.3 is 0 Å². The van der Waals surface area contributed by atoms with Crippen LogP contribution in [0.3, 0.4) is 0 Å². The maximum atomic E-state index is 13.2. The fourth-order valence-corrected chi connectivity index (χ4v) is 6.36. The molecule has 6 nitrogen and oxygen atoms in total. The van der Waals surface area contributed by atoms with E-state index in [2.05, 4.69) is 10.3 Å². The third-order valence-electron chi connectivity index (χ3n) is 6.35. The molecule has 1 saturated heterocycles. The summed E-state index contributed by atoms with van der Waals surface area (Å²) in [6.45, 7) is 1.08. The average Bonchev–Trinajstić information content (AvgIpc) is 3.13. The summed E-state index contributed by atoms with van der Waals surface area (Å²) < 4.78 is 27.9. The molecule has 0 radical (unpaired) electrons. The Morgan fingerprint density at radius 1 is 1.10 bits per heavy atom. The number of benzene rings is 1. The van der Waals surface area contributed by atoms with Crippen LogP contribution in [0.5, 0.6) is 0 Å². The number of hydrogen-bond donors (Lipinski definition) is 1. The van der Waals surface area contributed by atoms with Crippen molar-refractivity contribution in [1.29, 1.82) is 0 Å². The average molecular weight is 414 g/mol. The Hall–Kier alpha value is -2.25. The molecule has 2 aromatic rings. The molecule has 1 aliphatic carbocycles. The van der Waals surface area contributed by atoms with Gasteiger partial charge in [0.2, 0.25) is 15.9 Å². The minimum atomic E-state index is -3.60. The van der Waals surface area contributed by atoms with Gasteiger partial charge in [0.15, 0.2) is 0 Å². The highest BCUT2D eigenvalue weighted by molar-refractivity contribution is 7.89. The zero-order valence-corrected chi connectivity index (χ0v) is 17.3. The van der Waals surface area contributed by atoms with Gasteiger partial charge in [0.05, 0.1) is 10.8 Å². The lowest BCUT2D eigenvalue weighted by Crippen LogP contribution is -2.42. The first-order valence-electron chi connectivity index (χ1n) is 10.2. The van der Waals surface area contributed by atoms with Crippen LogP contribution < -0.4 is 5.32 Å². The fraction of sp³-hybridized carbons (Fsp3) is 0.455. The van der Waals surface area contributed by atoms with Crippen molar-refractivity contribution in [3.05, 3.63) is 60.4 Å². The standard InChI is InChI=1S/C22H27N3O3S/c26-21(24-15-18-8-7-13-23-14-18)20-16-25(17-22(20)11-5-2-6-12-22)29(27,28)19-9-3-1-4-10-19/h1,3-4,7-10,13-14,20H,2,5-6,11-12,15-17H2,(H,24,26). The van der Waals surface area contributed by atoms with Crippen molar-refractivity contribution in [2.24, 2.45) is 11.3 Å². The highest BCUT2D eigenvalue weighted by atomic mass is 32.2. The number of nitrogens with zero attached hydrogens (tertiary/aromatic N) is 2. The monoisotopic (exact) mass is 413 g/mol. The first-order valence-corrected chi connectivity index (χ1v) is 11.7. The molecule has 1 aromatic carbocycles. The van der Waals surface area contributed by atoms with E-state index in [1.54, 1.807) is 42.7 Å². The van der Waals surface area contributed by atoms with E-state index < -0.39 is 10.0 Å². The number of carbonyl (C=O) groups excluding carboxylic acids is 1. The minimum Gasteiger partial charge on any atom is -0.352 e. The lowest BCUT2D eigenvalue weighted by atomic mass is 9.67. The van der Waals surface area contributed by atoms with Crippen molar-refractivity contribution in [3.63, 3.8) is 0 Å². The van der Waals surface area contributed by atoms with Gasteiger partial charge in [-0.15, -0.1) is 0 Å². The molecule has 1 N–H and O–H groups in total. The molecule has 0 bridgehead atoms. The maximum Gasteiger partial charge on any atom is 0.243 e. The van der Waals surface area contributed by atoms with E-state index in [9.17, 15) is 13.2 Å². The first kappa shape index (κ1) is 20.0. The number of rotatable bonds is 5. The summed E-state index contributed by atoms with van der Waals surface area (Å²) in [5.74, 6) is -0.375. The van der Waals surface area contributed by atoms with E-state index in [0.29, 0.717) is 18.0 Å². The topological polar surface area (TPSA) is 79.4 Å². The summed E-state index contributed by atoms with van der Waals surface area (Å²) in [5.41, 5.74) is 0.671. The molecule has 1 unspecified atom stereocenters. The number of hydrogen-bond acceptors (Lipinski definition) is 4. The molecule has 2 aliphatic rings. The van der Waals surface area contributed by atoms with Gasteiger partial charge < -0.3 is 5.32 Å². The lowest BCUT2D eigenvalue weighted by molar-refractivity contribution is -0.128. The van der Waals surface area contributed by atoms with Gasteiger partial charge in [-0.2, -0.15) is 4.31 Å². The van der Waals surface area contributed by atoms with Gasteiger partial charge in [0.25, 0.3) is 0 Å². The van der Waals surface area contributed by atoms with Crippen LogP contribution >= 0.6 is 0 Å². The predicted molar refractivity (Wildman–Crippen MR) is 110 cm³/mol. The molecular formula is C22H27N3O3S. The molecule has 1 saturated carbocycles. The van der Waals surface area contributed by atoms with Crippen LogP contribution in [0, 0.1) is 11.3 Å². The summed E-state index contributed by atoms with van der Waals surface area (Å²) in [4.78, 5) is 17.5. The van der Waals surface area contributed by atoms with Crippen molar-refractivity contribution in [1.82, 2.24) is 14.6 Å². The van der Waals surface area contributed by atoms with Crippen molar-refractivity contribution in [2.45, 2.75) is 43.5 Å². The molecule has 1 atom stereocenters. The van der Waals surface area contributed by atoms with E-state index in [1.165, 1.54) is 4.31 Å². The number of sulfonamides is 1. The minimum absolute atomic E-state index is 0.0542. The third-order valence-corrected chi connectivity index (χ3v) is 8.18. The fourth-order valence-electron chi connectivity index (χ4n) is 4.79. The largest absolute Gasteiger partial charge is 0.352 e. The molecule has 29 heavy (non-hydrogen) atoms. The number of amides is 1. The van der Waals surface area contributed by atoms with Crippen LogP contribution in [0.2, 0.25) is 0 Å². The Labute approximate surface area is 172 Å². The Morgan fingerprint density at radius 3 is 2.55 bits per heavy atom. The van der Waals surface area contributed by atoms with E-state index >= 15 is 0 Å². The highest BCUT2D eigenvalue weighted by Gasteiger charge is 2.53.